The Morgan fingerprint density at radius 1 is 1.22 bits per heavy atom. The van der Waals surface area contributed by atoms with E-state index in [1.165, 1.54) is 0 Å². The molecular formula is C15H31NO2. The van der Waals surface area contributed by atoms with Crippen molar-refractivity contribution in [2.24, 2.45) is 17.3 Å². The summed E-state index contributed by atoms with van der Waals surface area (Å²) in [7, 11) is 0. The van der Waals surface area contributed by atoms with Gasteiger partial charge in [-0.15, -0.1) is 0 Å². The summed E-state index contributed by atoms with van der Waals surface area (Å²) in [5.74, 6) is -0.515. The maximum atomic E-state index is 11.1. The van der Waals surface area contributed by atoms with Crippen molar-refractivity contribution in [3.8, 4) is 0 Å². The molecule has 108 valence electrons. The number of rotatable bonds is 8. The monoisotopic (exact) mass is 257 g/mol. The number of aliphatic carboxylic acids is 1. The van der Waals surface area contributed by atoms with E-state index in [9.17, 15) is 4.79 Å². The van der Waals surface area contributed by atoms with E-state index < -0.39 is 5.97 Å². The lowest BCUT2D eigenvalue weighted by atomic mass is 9.89. The van der Waals surface area contributed by atoms with Crippen molar-refractivity contribution in [3.63, 3.8) is 0 Å². The predicted molar refractivity (Wildman–Crippen MR) is 76.7 cm³/mol. The summed E-state index contributed by atoms with van der Waals surface area (Å²) in [6.45, 7) is 13.6. The molecule has 0 aromatic carbocycles. The number of hydrogen-bond donors (Lipinski definition) is 2. The molecule has 0 spiro atoms. The highest BCUT2D eigenvalue weighted by molar-refractivity contribution is 5.70. The molecule has 2 N–H and O–H groups in total. The molecule has 2 unspecified atom stereocenters. The van der Waals surface area contributed by atoms with Crippen LogP contribution in [0.15, 0.2) is 0 Å². The van der Waals surface area contributed by atoms with Crippen molar-refractivity contribution in [2.75, 3.05) is 6.54 Å². The molecule has 0 bridgehead atoms. The van der Waals surface area contributed by atoms with Gasteiger partial charge in [0.2, 0.25) is 0 Å². The van der Waals surface area contributed by atoms with Gasteiger partial charge in [-0.05, 0) is 37.5 Å². The highest BCUT2D eigenvalue weighted by Gasteiger charge is 2.20. The molecular weight excluding hydrogens is 226 g/mol. The van der Waals surface area contributed by atoms with Crippen LogP contribution in [0, 0.1) is 17.3 Å². The van der Waals surface area contributed by atoms with Crippen molar-refractivity contribution in [1.82, 2.24) is 5.32 Å². The first-order chi connectivity index (χ1) is 8.11. The Bertz CT molecular complexity index is 243. The zero-order valence-electron chi connectivity index (χ0n) is 12.9. The highest BCUT2D eigenvalue weighted by atomic mass is 16.4. The summed E-state index contributed by atoms with van der Waals surface area (Å²) in [5, 5.41) is 12.5. The fourth-order valence-electron chi connectivity index (χ4n) is 1.94. The third kappa shape index (κ3) is 9.46. The van der Waals surface area contributed by atoms with Gasteiger partial charge in [0.05, 0.1) is 5.92 Å². The topological polar surface area (TPSA) is 49.3 Å². The SMILES string of the molecule is CC(C)CC(CNC(C)CCC(C)(C)C)C(=O)O. The van der Waals surface area contributed by atoms with Gasteiger partial charge in [0.25, 0.3) is 0 Å². The van der Waals surface area contributed by atoms with Gasteiger partial charge in [-0.3, -0.25) is 4.79 Å². The van der Waals surface area contributed by atoms with E-state index in [0.29, 0.717) is 23.9 Å². The lowest BCUT2D eigenvalue weighted by molar-refractivity contribution is -0.142. The molecule has 0 radical (unpaired) electrons. The lowest BCUT2D eigenvalue weighted by Crippen LogP contribution is -2.35. The zero-order chi connectivity index (χ0) is 14.3. The first kappa shape index (κ1) is 17.4. The Labute approximate surface area is 112 Å². The van der Waals surface area contributed by atoms with Crippen LogP contribution in [0.25, 0.3) is 0 Å². The summed E-state index contributed by atoms with van der Waals surface area (Å²) in [6, 6.07) is 0.387. The first-order valence-corrected chi connectivity index (χ1v) is 7.08. The minimum absolute atomic E-state index is 0.262. The van der Waals surface area contributed by atoms with Gasteiger partial charge < -0.3 is 10.4 Å². The third-order valence-corrected chi connectivity index (χ3v) is 3.15. The molecule has 2 atom stereocenters. The standard InChI is InChI=1S/C15H31NO2/c1-11(2)9-13(14(17)18)10-16-12(3)7-8-15(4,5)6/h11-13,16H,7-10H2,1-6H3,(H,17,18). The summed E-state index contributed by atoms with van der Waals surface area (Å²) >= 11 is 0. The van der Waals surface area contributed by atoms with Gasteiger partial charge in [-0.25, -0.2) is 0 Å². The Hall–Kier alpha value is -0.570. The predicted octanol–water partition coefficient (Wildman–Crippen LogP) is 3.54. The third-order valence-electron chi connectivity index (χ3n) is 3.15. The number of carbonyl (C=O) groups is 1. The largest absolute Gasteiger partial charge is 0.481 e. The molecule has 0 amide bonds. The molecule has 0 heterocycles. The van der Waals surface area contributed by atoms with Gasteiger partial charge >= 0.3 is 5.97 Å². The van der Waals surface area contributed by atoms with Crippen LogP contribution in [0.5, 0.6) is 0 Å². The van der Waals surface area contributed by atoms with Crippen LogP contribution in [-0.4, -0.2) is 23.7 Å². The van der Waals surface area contributed by atoms with Crippen molar-refractivity contribution in [1.29, 1.82) is 0 Å². The van der Waals surface area contributed by atoms with Gasteiger partial charge in [0.15, 0.2) is 0 Å². The molecule has 0 rings (SSSR count). The smallest absolute Gasteiger partial charge is 0.307 e. The molecule has 0 saturated carbocycles. The fraction of sp³-hybridized carbons (Fsp3) is 0.933. The average molecular weight is 257 g/mol. The normalized spacial score (nSPS) is 15.7. The van der Waals surface area contributed by atoms with Crippen LogP contribution in [0.3, 0.4) is 0 Å². The van der Waals surface area contributed by atoms with E-state index >= 15 is 0 Å². The maximum absolute atomic E-state index is 11.1. The second-order valence-corrected chi connectivity index (χ2v) is 7.07. The van der Waals surface area contributed by atoms with Crippen molar-refractivity contribution >= 4 is 5.97 Å². The minimum Gasteiger partial charge on any atom is -0.481 e. The van der Waals surface area contributed by atoms with Crippen LogP contribution in [-0.2, 0) is 4.79 Å². The number of carboxylic acid groups (broad SMARTS) is 1. The van der Waals surface area contributed by atoms with E-state index in [1.807, 2.05) is 0 Å². The summed E-state index contributed by atoms with van der Waals surface area (Å²) < 4.78 is 0. The Kier molecular flexibility index (Phi) is 7.53. The fourth-order valence-corrected chi connectivity index (χ4v) is 1.94. The van der Waals surface area contributed by atoms with Gasteiger partial charge in [0, 0.05) is 12.6 Å². The van der Waals surface area contributed by atoms with Crippen LogP contribution in [0.4, 0.5) is 0 Å². The van der Waals surface area contributed by atoms with E-state index in [0.717, 1.165) is 19.3 Å². The second kappa shape index (κ2) is 7.78. The Morgan fingerprint density at radius 2 is 1.78 bits per heavy atom. The molecule has 0 aliphatic heterocycles. The molecule has 18 heavy (non-hydrogen) atoms. The van der Waals surface area contributed by atoms with E-state index in [1.54, 1.807) is 0 Å². The van der Waals surface area contributed by atoms with Crippen LogP contribution in [0.2, 0.25) is 0 Å². The molecule has 0 aromatic heterocycles. The Balaban J connectivity index is 4.00. The van der Waals surface area contributed by atoms with E-state index in [2.05, 4.69) is 46.9 Å². The quantitative estimate of drug-likeness (QED) is 0.699. The van der Waals surface area contributed by atoms with Crippen molar-refractivity contribution in [3.05, 3.63) is 0 Å². The number of nitrogens with one attached hydrogen (secondary N) is 1. The van der Waals surface area contributed by atoms with Gasteiger partial charge in [0.1, 0.15) is 0 Å². The number of carboxylic acids is 1. The molecule has 0 aliphatic carbocycles. The molecule has 0 fully saturated rings. The summed E-state index contributed by atoms with van der Waals surface area (Å²) in [6.07, 6.45) is 2.99. The molecule has 3 heteroatoms. The maximum Gasteiger partial charge on any atom is 0.307 e. The van der Waals surface area contributed by atoms with Crippen LogP contribution >= 0.6 is 0 Å². The number of hydrogen-bond acceptors (Lipinski definition) is 2. The van der Waals surface area contributed by atoms with Crippen LogP contribution < -0.4 is 5.32 Å². The molecule has 0 saturated heterocycles. The van der Waals surface area contributed by atoms with E-state index in [4.69, 9.17) is 5.11 Å². The zero-order valence-corrected chi connectivity index (χ0v) is 12.9. The van der Waals surface area contributed by atoms with Crippen molar-refractivity contribution < 1.29 is 9.90 Å². The minimum atomic E-state index is -0.681. The Morgan fingerprint density at radius 3 is 2.17 bits per heavy atom. The van der Waals surface area contributed by atoms with E-state index in [-0.39, 0.29) is 5.92 Å². The lowest BCUT2D eigenvalue weighted by Gasteiger charge is -2.23. The molecule has 0 aliphatic rings. The van der Waals surface area contributed by atoms with Crippen LogP contribution in [0.1, 0.15) is 60.8 Å². The highest BCUT2D eigenvalue weighted by Crippen LogP contribution is 2.21. The summed E-state index contributed by atoms with van der Waals surface area (Å²) in [4.78, 5) is 11.1. The average Bonchev–Trinajstić information content (AvgIpc) is 2.19. The van der Waals surface area contributed by atoms with Gasteiger partial charge in [-0.2, -0.15) is 0 Å². The summed E-state index contributed by atoms with van der Waals surface area (Å²) in [5.41, 5.74) is 0.347. The second-order valence-electron chi connectivity index (χ2n) is 7.07. The van der Waals surface area contributed by atoms with Crippen molar-refractivity contribution in [2.45, 2.75) is 66.8 Å². The molecule has 3 nitrogen and oxygen atoms in total. The first-order valence-electron chi connectivity index (χ1n) is 7.08. The molecule has 0 aromatic rings. The van der Waals surface area contributed by atoms with Gasteiger partial charge in [-0.1, -0.05) is 34.6 Å².